The van der Waals surface area contributed by atoms with Crippen LogP contribution in [0.15, 0.2) is 36.4 Å². The van der Waals surface area contributed by atoms with Crippen molar-refractivity contribution in [1.29, 1.82) is 5.26 Å². The van der Waals surface area contributed by atoms with Crippen LogP contribution in [0.3, 0.4) is 0 Å². The van der Waals surface area contributed by atoms with Crippen LogP contribution in [0.25, 0.3) is 10.8 Å². The van der Waals surface area contributed by atoms with Gasteiger partial charge in [-0.1, -0.05) is 18.2 Å². The Labute approximate surface area is 118 Å². The molecule has 100 valence electrons. The van der Waals surface area contributed by atoms with Crippen LogP contribution in [0.1, 0.15) is 28.8 Å². The Morgan fingerprint density at radius 3 is 2.75 bits per heavy atom. The fourth-order valence-electron chi connectivity index (χ4n) is 2.78. The van der Waals surface area contributed by atoms with Crippen molar-refractivity contribution in [2.45, 2.75) is 12.8 Å². The summed E-state index contributed by atoms with van der Waals surface area (Å²) in [6.07, 6.45) is 2.03. The van der Waals surface area contributed by atoms with E-state index in [0.29, 0.717) is 5.56 Å². The highest BCUT2D eigenvalue weighted by atomic mass is 16.1. The summed E-state index contributed by atoms with van der Waals surface area (Å²) >= 11 is 0. The maximum absolute atomic E-state index is 12.5. The number of Topliss-reactive ketones (excluding diaryl/α,β-unsaturated/α-hetero) is 1. The molecule has 1 aliphatic rings. The summed E-state index contributed by atoms with van der Waals surface area (Å²) in [4.78, 5) is 12.5. The van der Waals surface area contributed by atoms with Crippen LogP contribution in [-0.2, 0) is 0 Å². The Kier molecular flexibility index (Phi) is 3.49. The lowest BCUT2D eigenvalue weighted by Crippen LogP contribution is -2.34. The van der Waals surface area contributed by atoms with Gasteiger partial charge < -0.3 is 5.32 Å². The van der Waals surface area contributed by atoms with E-state index in [2.05, 4.69) is 11.4 Å². The molecule has 0 radical (unpaired) electrons. The number of rotatable bonds is 2. The molecule has 0 spiro atoms. The maximum atomic E-state index is 12.5. The zero-order valence-electron chi connectivity index (χ0n) is 11.2. The first-order valence-electron chi connectivity index (χ1n) is 6.97. The van der Waals surface area contributed by atoms with E-state index in [1.54, 1.807) is 6.07 Å². The van der Waals surface area contributed by atoms with Crippen LogP contribution in [0.4, 0.5) is 0 Å². The Morgan fingerprint density at radius 1 is 1.20 bits per heavy atom. The van der Waals surface area contributed by atoms with E-state index in [4.69, 9.17) is 5.26 Å². The van der Waals surface area contributed by atoms with Gasteiger partial charge in [-0.15, -0.1) is 0 Å². The number of carbonyl (C=O) groups is 1. The highest BCUT2D eigenvalue weighted by Gasteiger charge is 2.22. The molecule has 0 aromatic heterocycles. The molecule has 1 fully saturated rings. The number of nitrogens with one attached hydrogen (secondary N) is 1. The number of fused-ring (bicyclic) bond motifs is 1. The monoisotopic (exact) mass is 264 g/mol. The average Bonchev–Trinajstić information content (AvgIpc) is 2.54. The van der Waals surface area contributed by atoms with Crippen molar-refractivity contribution in [2.24, 2.45) is 5.92 Å². The van der Waals surface area contributed by atoms with Crippen molar-refractivity contribution < 1.29 is 4.79 Å². The first-order chi connectivity index (χ1) is 9.78. The molecule has 3 nitrogen and oxygen atoms in total. The molecule has 0 amide bonds. The molecule has 0 saturated carbocycles. The van der Waals surface area contributed by atoms with Gasteiger partial charge in [-0.05, 0) is 48.4 Å². The highest BCUT2D eigenvalue weighted by molar-refractivity contribution is 6.01. The zero-order chi connectivity index (χ0) is 13.9. The summed E-state index contributed by atoms with van der Waals surface area (Å²) < 4.78 is 0. The number of ketones is 1. The molecule has 1 aliphatic heterocycles. The lowest BCUT2D eigenvalue weighted by molar-refractivity contribution is 0.0900. The molecule has 3 heteroatoms. The zero-order valence-corrected chi connectivity index (χ0v) is 11.2. The van der Waals surface area contributed by atoms with Gasteiger partial charge in [-0.3, -0.25) is 4.79 Å². The van der Waals surface area contributed by atoms with E-state index < -0.39 is 0 Å². The normalized spacial score (nSPS) is 18.6. The largest absolute Gasteiger partial charge is 0.316 e. The summed E-state index contributed by atoms with van der Waals surface area (Å²) in [6, 6.07) is 13.4. The molecular weight excluding hydrogens is 248 g/mol. The Morgan fingerprint density at radius 2 is 2.00 bits per heavy atom. The number of nitrogens with zero attached hydrogens (tertiary/aromatic N) is 1. The van der Waals surface area contributed by atoms with E-state index in [-0.39, 0.29) is 11.7 Å². The summed E-state index contributed by atoms with van der Waals surface area (Å²) in [7, 11) is 0. The van der Waals surface area contributed by atoms with E-state index in [9.17, 15) is 4.79 Å². The molecule has 3 rings (SSSR count). The lowest BCUT2D eigenvalue weighted by Gasteiger charge is -2.21. The first kappa shape index (κ1) is 12.8. The van der Waals surface area contributed by atoms with Gasteiger partial charge in [0.15, 0.2) is 5.78 Å². The SMILES string of the molecule is N#Cc1ccc2cc(C(=O)C3CCCNC3)ccc2c1. The number of piperidine rings is 1. The fraction of sp³-hybridized carbons (Fsp3) is 0.294. The van der Waals surface area contributed by atoms with Gasteiger partial charge in [0.1, 0.15) is 0 Å². The van der Waals surface area contributed by atoms with Gasteiger partial charge in [0.25, 0.3) is 0 Å². The number of hydrogen-bond acceptors (Lipinski definition) is 3. The summed E-state index contributed by atoms with van der Waals surface area (Å²) in [5.41, 5.74) is 1.42. The van der Waals surface area contributed by atoms with Gasteiger partial charge in [0, 0.05) is 18.0 Å². The topological polar surface area (TPSA) is 52.9 Å². The Bertz CT molecular complexity index is 694. The van der Waals surface area contributed by atoms with Crippen molar-refractivity contribution in [3.8, 4) is 6.07 Å². The first-order valence-corrected chi connectivity index (χ1v) is 6.97. The molecule has 2 aromatic rings. The van der Waals surface area contributed by atoms with Crippen LogP contribution < -0.4 is 5.32 Å². The summed E-state index contributed by atoms with van der Waals surface area (Å²) in [6.45, 7) is 1.79. The van der Waals surface area contributed by atoms with Gasteiger partial charge in [-0.2, -0.15) is 5.26 Å². The molecule has 1 N–H and O–H groups in total. The van der Waals surface area contributed by atoms with Gasteiger partial charge in [-0.25, -0.2) is 0 Å². The molecular formula is C17H16N2O. The van der Waals surface area contributed by atoms with Crippen molar-refractivity contribution in [3.63, 3.8) is 0 Å². The van der Waals surface area contributed by atoms with E-state index >= 15 is 0 Å². The second kappa shape index (κ2) is 5.44. The molecule has 1 heterocycles. The second-order valence-electron chi connectivity index (χ2n) is 5.30. The van der Waals surface area contributed by atoms with Crippen LogP contribution in [0, 0.1) is 17.2 Å². The number of nitriles is 1. The number of hydrogen-bond donors (Lipinski definition) is 1. The third-order valence-electron chi connectivity index (χ3n) is 3.92. The molecule has 0 aliphatic carbocycles. The molecule has 1 unspecified atom stereocenters. The quantitative estimate of drug-likeness (QED) is 0.848. The van der Waals surface area contributed by atoms with Crippen LogP contribution in [0.5, 0.6) is 0 Å². The van der Waals surface area contributed by atoms with Crippen molar-refractivity contribution in [2.75, 3.05) is 13.1 Å². The summed E-state index contributed by atoms with van der Waals surface area (Å²) in [5, 5.41) is 14.2. The van der Waals surface area contributed by atoms with E-state index in [1.165, 1.54) is 0 Å². The molecule has 2 aromatic carbocycles. The second-order valence-corrected chi connectivity index (χ2v) is 5.30. The molecule has 1 saturated heterocycles. The van der Waals surface area contributed by atoms with Crippen molar-refractivity contribution in [3.05, 3.63) is 47.5 Å². The Balaban J connectivity index is 1.92. The molecule has 20 heavy (non-hydrogen) atoms. The van der Waals surface area contributed by atoms with Crippen molar-refractivity contribution >= 4 is 16.6 Å². The van der Waals surface area contributed by atoms with Crippen LogP contribution in [0.2, 0.25) is 0 Å². The minimum absolute atomic E-state index is 0.0968. The summed E-state index contributed by atoms with van der Waals surface area (Å²) in [5.74, 6) is 0.322. The fourth-order valence-corrected chi connectivity index (χ4v) is 2.78. The van der Waals surface area contributed by atoms with Gasteiger partial charge in [0.05, 0.1) is 11.6 Å². The third kappa shape index (κ3) is 2.43. The molecule has 0 bridgehead atoms. The molecule has 1 atom stereocenters. The van der Waals surface area contributed by atoms with Crippen LogP contribution >= 0.6 is 0 Å². The third-order valence-corrected chi connectivity index (χ3v) is 3.92. The number of benzene rings is 2. The predicted molar refractivity (Wildman–Crippen MR) is 78.6 cm³/mol. The minimum Gasteiger partial charge on any atom is -0.316 e. The van der Waals surface area contributed by atoms with Gasteiger partial charge in [0.2, 0.25) is 0 Å². The highest BCUT2D eigenvalue weighted by Crippen LogP contribution is 2.22. The Hall–Kier alpha value is -2.18. The predicted octanol–water partition coefficient (Wildman–Crippen LogP) is 2.89. The van der Waals surface area contributed by atoms with Crippen molar-refractivity contribution in [1.82, 2.24) is 5.32 Å². The van der Waals surface area contributed by atoms with E-state index in [0.717, 1.165) is 42.3 Å². The van der Waals surface area contributed by atoms with Crippen LogP contribution in [-0.4, -0.2) is 18.9 Å². The lowest BCUT2D eigenvalue weighted by atomic mass is 9.90. The smallest absolute Gasteiger partial charge is 0.167 e. The maximum Gasteiger partial charge on any atom is 0.167 e. The minimum atomic E-state index is 0.0968. The average molecular weight is 264 g/mol. The van der Waals surface area contributed by atoms with E-state index in [1.807, 2.05) is 30.3 Å². The number of carbonyl (C=O) groups excluding carboxylic acids is 1. The van der Waals surface area contributed by atoms with Gasteiger partial charge >= 0.3 is 0 Å². The standard InChI is InChI=1S/C17H16N2O/c18-10-12-3-4-14-9-15(6-5-13(14)8-12)17(20)16-2-1-7-19-11-16/h3-6,8-9,16,19H,1-2,7,11H2.